The molecule has 1 aromatic heterocycles. The van der Waals surface area contributed by atoms with Crippen molar-refractivity contribution in [3.05, 3.63) is 88.4 Å². The number of thiazole rings is 1. The fourth-order valence-electron chi connectivity index (χ4n) is 3.03. The first-order valence-corrected chi connectivity index (χ1v) is 10.9. The second-order valence-corrected chi connectivity index (χ2v) is 8.37. The van der Waals surface area contributed by atoms with E-state index < -0.39 is 0 Å². The Balaban J connectivity index is 1.75. The number of aromatic nitrogens is 1. The first-order chi connectivity index (χ1) is 14.1. The van der Waals surface area contributed by atoms with Crippen molar-refractivity contribution in [3.8, 4) is 5.75 Å². The van der Waals surface area contributed by atoms with Crippen LogP contribution < -0.4 is 9.64 Å². The molecule has 0 saturated heterocycles. The number of anilines is 1. The van der Waals surface area contributed by atoms with E-state index in [1.54, 1.807) is 4.90 Å². The molecule has 6 heteroatoms. The maximum Gasteiger partial charge on any atom is 0.260 e. The zero-order chi connectivity index (χ0) is 20.2. The predicted octanol–water partition coefficient (Wildman–Crippen LogP) is 6.30. The van der Waals surface area contributed by atoms with Gasteiger partial charge >= 0.3 is 0 Å². The lowest BCUT2D eigenvalue weighted by atomic mass is 10.1. The molecule has 0 aliphatic carbocycles. The van der Waals surface area contributed by atoms with Gasteiger partial charge in [-0.2, -0.15) is 0 Å². The Bertz CT molecular complexity index is 1140. The summed E-state index contributed by atoms with van der Waals surface area (Å²) in [7, 11) is 0. The van der Waals surface area contributed by atoms with Gasteiger partial charge in [-0.25, -0.2) is 4.98 Å². The highest BCUT2D eigenvalue weighted by molar-refractivity contribution is 9.10. The maximum atomic E-state index is 13.4. The maximum absolute atomic E-state index is 13.4. The van der Waals surface area contributed by atoms with Crippen LogP contribution in [0.4, 0.5) is 5.13 Å². The van der Waals surface area contributed by atoms with Gasteiger partial charge in [0.05, 0.1) is 23.4 Å². The molecule has 4 rings (SSSR count). The number of hydrogen-bond acceptors (Lipinski definition) is 4. The largest absolute Gasteiger partial charge is 0.494 e. The average Bonchev–Trinajstić information content (AvgIpc) is 3.15. The molecule has 0 unspecified atom stereocenters. The zero-order valence-corrected chi connectivity index (χ0v) is 18.2. The minimum atomic E-state index is -0.0840. The highest BCUT2D eigenvalue weighted by Crippen LogP contribution is 2.33. The highest BCUT2D eigenvalue weighted by Gasteiger charge is 2.22. The summed E-state index contributed by atoms with van der Waals surface area (Å²) >= 11 is 4.95. The van der Waals surface area contributed by atoms with Gasteiger partial charge in [0.2, 0.25) is 0 Å². The molecule has 1 amide bonds. The molecular formula is C23H19BrN2O2S. The molecule has 0 aliphatic rings. The second-order valence-electron chi connectivity index (χ2n) is 6.45. The van der Waals surface area contributed by atoms with E-state index in [4.69, 9.17) is 9.72 Å². The number of ether oxygens (including phenoxy) is 1. The number of fused-ring (bicyclic) bond motifs is 1. The zero-order valence-electron chi connectivity index (χ0n) is 15.8. The van der Waals surface area contributed by atoms with Gasteiger partial charge in [0.25, 0.3) is 5.91 Å². The summed E-state index contributed by atoms with van der Waals surface area (Å²) in [6.07, 6.45) is 0. The molecule has 0 radical (unpaired) electrons. The van der Waals surface area contributed by atoms with E-state index in [-0.39, 0.29) is 5.91 Å². The molecule has 4 nitrogen and oxygen atoms in total. The van der Waals surface area contributed by atoms with E-state index >= 15 is 0 Å². The van der Waals surface area contributed by atoms with Crippen molar-refractivity contribution in [2.24, 2.45) is 0 Å². The normalized spacial score (nSPS) is 10.8. The third kappa shape index (κ3) is 4.49. The van der Waals surface area contributed by atoms with Gasteiger partial charge in [0.1, 0.15) is 5.75 Å². The second kappa shape index (κ2) is 8.76. The molecule has 146 valence electrons. The van der Waals surface area contributed by atoms with Crippen LogP contribution in [0.1, 0.15) is 22.8 Å². The lowest BCUT2D eigenvalue weighted by Gasteiger charge is -2.20. The van der Waals surface area contributed by atoms with Gasteiger partial charge in [-0.05, 0) is 48.9 Å². The van der Waals surface area contributed by atoms with Crippen molar-refractivity contribution in [2.75, 3.05) is 11.5 Å². The number of nitrogens with zero attached hydrogens (tertiary/aromatic N) is 2. The molecule has 0 N–H and O–H groups in total. The van der Waals surface area contributed by atoms with Crippen LogP contribution in [-0.2, 0) is 6.54 Å². The van der Waals surface area contributed by atoms with Gasteiger partial charge in [-0.3, -0.25) is 9.69 Å². The number of halogens is 1. The number of amides is 1. The molecule has 0 bridgehead atoms. The van der Waals surface area contributed by atoms with Crippen molar-refractivity contribution in [2.45, 2.75) is 13.5 Å². The molecule has 0 spiro atoms. The van der Waals surface area contributed by atoms with Gasteiger partial charge in [0.15, 0.2) is 5.13 Å². The first kappa shape index (κ1) is 19.6. The molecule has 0 saturated carbocycles. The Hall–Kier alpha value is -2.70. The molecule has 29 heavy (non-hydrogen) atoms. The third-order valence-corrected chi connectivity index (χ3v) is 5.93. The third-order valence-electron chi connectivity index (χ3n) is 4.39. The van der Waals surface area contributed by atoms with Crippen molar-refractivity contribution in [1.29, 1.82) is 0 Å². The Morgan fingerprint density at radius 2 is 1.90 bits per heavy atom. The Morgan fingerprint density at radius 3 is 2.66 bits per heavy atom. The minimum Gasteiger partial charge on any atom is -0.494 e. The van der Waals surface area contributed by atoms with Gasteiger partial charge in [-0.15, -0.1) is 0 Å². The lowest BCUT2D eigenvalue weighted by Crippen LogP contribution is -2.30. The standard InChI is InChI=1S/C23H19BrN2O2S/c1-2-28-19-11-12-20-21(14-19)29-23(25-20)26(15-16-7-4-3-5-8-16)22(27)17-9-6-10-18(24)13-17/h3-14H,2,15H2,1H3. The first-order valence-electron chi connectivity index (χ1n) is 9.29. The molecule has 3 aromatic carbocycles. The Morgan fingerprint density at radius 1 is 1.07 bits per heavy atom. The number of benzene rings is 3. The molecule has 0 atom stereocenters. The SMILES string of the molecule is CCOc1ccc2nc(N(Cc3ccccc3)C(=O)c3cccc(Br)c3)sc2c1. The van der Waals surface area contributed by atoms with Crippen molar-refractivity contribution in [3.63, 3.8) is 0 Å². The number of rotatable bonds is 6. The monoisotopic (exact) mass is 466 g/mol. The topological polar surface area (TPSA) is 42.4 Å². The fourth-order valence-corrected chi connectivity index (χ4v) is 4.43. The predicted molar refractivity (Wildman–Crippen MR) is 122 cm³/mol. The highest BCUT2D eigenvalue weighted by atomic mass is 79.9. The van der Waals surface area contributed by atoms with Gasteiger partial charge in [0, 0.05) is 10.0 Å². The van der Waals surface area contributed by atoms with Crippen LogP contribution in [0, 0.1) is 0 Å². The van der Waals surface area contributed by atoms with Crippen molar-refractivity contribution in [1.82, 2.24) is 4.98 Å². The summed E-state index contributed by atoms with van der Waals surface area (Å²) in [4.78, 5) is 19.9. The van der Waals surface area contributed by atoms with E-state index in [0.717, 1.165) is 26.0 Å². The van der Waals surface area contributed by atoms with Gasteiger partial charge < -0.3 is 4.74 Å². The quantitative estimate of drug-likeness (QED) is 0.334. The number of carbonyl (C=O) groups excluding carboxylic acids is 1. The van der Waals surface area contributed by atoms with Crippen LogP contribution in [-0.4, -0.2) is 17.5 Å². The van der Waals surface area contributed by atoms with Crippen LogP contribution in [0.3, 0.4) is 0 Å². The summed E-state index contributed by atoms with van der Waals surface area (Å²) in [6.45, 7) is 3.02. The fraction of sp³-hybridized carbons (Fsp3) is 0.130. The number of hydrogen-bond donors (Lipinski definition) is 0. The van der Waals surface area contributed by atoms with Crippen molar-refractivity contribution >= 4 is 48.5 Å². The van der Waals surface area contributed by atoms with Crippen LogP contribution >= 0.6 is 27.3 Å². The number of carbonyl (C=O) groups is 1. The van der Waals surface area contributed by atoms with E-state index in [9.17, 15) is 4.79 Å². The van der Waals surface area contributed by atoms with Crippen LogP contribution in [0.25, 0.3) is 10.2 Å². The molecule has 1 heterocycles. The smallest absolute Gasteiger partial charge is 0.260 e. The molecule has 0 aliphatic heterocycles. The Labute approximate surface area is 181 Å². The average molecular weight is 467 g/mol. The minimum absolute atomic E-state index is 0.0840. The molecule has 0 fully saturated rings. The molecular weight excluding hydrogens is 448 g/mol. The summed E-state index contributed by atoms with van der Waals surface area (Å²) in [5.41, 5.74) is 2.52. The van der Waals surface area contributed by atoms with Crippen LogP contribution in [0.5, 0.6) is 5.75 Å². The lowest BCUT2D eigenvalue weighted by molar-refractivity contribution is 0.0985. The van der Waals surface area contributed by atoms with Crippen LogP contribution in [0.2, 0.25) is 0 Å². The summed E-state index contributed by atoms with van der Waals surface area (Å²) in [5, 5.41) is 0.669. The molecule has 4 aromatic rings. The summed E-state index contributed by atoms with van der Waals surface area (Å²) in [5.74, 6) is 0.724. The van der Waals surface area contributed by atoms with E-state index in [2.05, 4.69) is 15.9 Å². The summed E-state index contributed by atoms with van der Waals surface area (Å²) in [6, 6.07) is 23.2. The summed E-state index contributed by atoms with van der Waals surface area (Å²) < 4.78 is 7.46. The van der Waals surface area contributed by atoms with E-state index in [1.807, 2.05) is 79.7 Å². The van der Waals surface area contributed by atoms with Crippen LogP contribution in [0.15, 0.2) is 77.3 Å². The van der Waals surface area contributed by atoms with Crippen molar-refractivity contribution < 1.29 is 9.53 Å². The van der Waals surface area contributed by atoms with E-state index in [1.165, 1.54) is 11.3 Å². The van der Waals surface area contributed by atoms with E-state index in [0.29, 0.717) is 23.8 Å². The van der Waals surface area contributed by atoms with Gasteiger partial charge in [-0.1, -0.05) is 63.7 Å². The Kier molecular flexibility index (Phi) is 5.92.